The zero-order chi connectivity index (χ0) is 13.8. The summed E-state index contributed by atoms with van der Waals surface area (Å²) in [5.41, 5.74) is -0.324. The van der Waals surface area contributed by atoms with Gasteiger partial charge in [-0.3, -0.25) is 14.9 Å². The van der Waals surface area contributed by atoms with E-state index in [4.69, 9.17) is 11.6 Å². The molecular formula is C11H7ClN4O3. The molecule has 0 saturated heterocycles. The third-order valence-electron chi connectivity index (χ3n) is 2.23. The zero-order valence-corrected chi connectivity index (χ0v) is 10.2. The van der Waals surface area contributed by atoms with E-state index in [0.29, 0.717) is 0 Å². The van der Waals surface area contributed by atoms with E-state index >= 15 is 0 Å². The first-order chi connectivity index (χ1) is 9.09. The van der Waals surface area contributed by atoms with Crippen molar-refractivity contribution in [3.8, 4) is 0 Å². The third kappa shape index (κ3) is 2.83. The second-order valence-electron chi connectivity index (χ2n) is 3.46. The minimum atomic E-state index is -0.651. The van der Waals surface area contributed by atoms with Crippen LogP contribution in [-0.4, -0.2) is 21.0 Å². The number of halogens is 1. The fourth-order valence-corrected chi connectivity index (χ4v) is 1.67. The van der Waals surface area contributed by atoms with Crippen LogP contribution in [-0.2, 0) is 0 Å². The number of hydrogen-bond donors (Lipinski definition) is 1. The van der Waals surface area contributed by atoms with Crippen molar-refractivity contribution in [2.24, 2.45) is 0 Å². The molecule has 96 valence electrons. The first-order valence-corrected chi connectivity index (χ1v) is 5.49. The van der Waals surface area contributed by atoms with E-state index in [-0.39, 0.29) is 22.1 Å². The lowest BCUT2D eigenvalue weighted by Gasteiger charge is -2.05. The van der Waals surface area contributed by atoms with Gasteiger partial charge in [0.2, 0.25) is 0 Å². The second kappa shape index (κ2) is 5.40. The van der Waals surface area contributed by atoms with Crippen molar-refractivity contribution in [1.29, 1.82) is 0 Å². The van der Waals surface area contributed by atoms with Gasteiger partial charge in [0.25, 0.3) is 11.6 Å². The maximum absolute atomic E-state index is 11.9. The zero-order valence-electron chi connectivity index (χ0n) is 9.41. The molecule has 0 fully saturated rings. The molecule has 0 unspecified atom stereocenters. The summed E-state index contributed by atoms with van der Waals surface area (Å²) in [4.78, 5) is 22.0. The molecule has 1 aromatic heterocycles. The van der Waals surface area contributed by atoms with Gasteiger partial charge < -0.3 is 5.32 Å². The van der Waals surface area contributed by atoms with Gasteiger partial charge in [0, 0.05) is 12.3 Å². The van der Waals surface area contributed by atoms with Crippen molar-refractivity contribution in [2.45, 2.75) is 0 Å². The van der Waals surface area contributed by atoms with Gasteiger partial charge in [-0.1, -0.05) is 17.7 Å². The number of nitrogens with one attached hydrogen (secondary N) is 1. The van der Waals surface area contributed by atoms with Crippen LogP contribution in [0.3, 0.4) is 0 Å². The quantitative estimate of drug-likeness (QED) is 0.686. The number of amides is 1. The molecule has 19 heavy (non-hydrogen) atoms. The molecule has 1 heterocycles. The molecular weight excluding hydrogens is 272 g/mol. The van der Waals surface area contributed by atoms with Gasteiger partial charge in [0.05, 0.1) is 10.5 Å². The Morgan fingerprint density at radius 1 is 1.32 bits per heavy atom. The molecule has 1 amide bonds. The van der Waals surface area contributed by atoms with Crippen molar-refractivity contribution < 1.29 is 9.72 Å². The number of benzene rings is 1. The molecule has 1 N–H and O–H groups in total. The molecule has 0 aliphatic heterocycles. The molecule has 0 aliphatic rings. The number of nitro benzene ring substituents is 1. The number of nitro groups is 1. The summed E-state index contributed by atoms with van der Waals surface area (Å²) < 4.78 is 0. The Bertz CT molecular complexity index is 633. The number of rotatable bonds is 3. The minimum Gasteiger partial charge on any atom is -0.305 e. The van der Waals surface area contributed by atoms with Gasteiger partial charge in [-0.25, -0.2) is 0 Å². The summed E-state index contributed by atoms with van der Waals surface area (Å²) in [5.74, 6) is -0.357. The Morgan fingerprint density at radius 3 is 2.74 bits per heavy atom. The molecule has 2 aromatic rings. The third-order valence-corrected chi connectivity index (χ3v) is 2.63. The highest BCUT2D eigenvalue weighted by Crippen LogP contribution is 2.28. The first-order valence-electron chi connectivity index (χ1n) is 5.11. The summed E-state index contributed by atoms with van der Waals surface area (Å²) in [6, 6.07) is 7.13. The molecule has 0 spiro atoms. The largest absolute Gasteiger partial charge is 0.305 e. The van der Waals surface area contributed by atoms with E-state index in [0.717, 1.165) is 0 Å². The van der Waals surface area contributed by atoms with Gasteiger partial charge in [-0.15, -0.1) is 5.10 Å². The maximum Gasteiger partial charge on any atom is 0.288 e. The summed E-state index contributed by atoms with van der Waals surface area (Å²) >= 11 is 5.83. The van der Waals surface area contributed by atoms with E-state index < -0.39 is 10.8 Å². The number of carbonyl (C=O) groups excluding carboxylic acids is 1. The smallest absolute Gasteiger partial charge is 0.288 e. The highest BCUT2D eigenvalue weighted by molar-refractivity contribution is 6.36. The maximum atomic E-state index is 11.9. The van der Waals surface area contributed by atoms with E-state index in [1.54, 1.807) is 6.07 Å². The van der Waals surface area contributed by atoms with Gasteiger partial charge in [-0.2, -0.15) is 5.10 Å². The SMILES string of the molecule is O=C(Nc1cccnn1)c1cccc([N+](=O)[O-])c1Cl. The van der Waals surface area contributed by atoms with Gasteiger partial charge in [0.1, 0.15) is 5.02 Å². The Balaban J connectivity index is 2.30. The lowest BCUT2D eigenvalue weighted by molar-refractivity contribution is -0.384. The molecule has 0 aliphatic carbocycles. The minimum absolute atomic E-state index is 0.00141. The molecule has 0 saturated carbocycles. The summed E-state index contributed by atoms with van der Waals surface area (Å²) in [6.07, 6.45) is 1.45. The van der Waals surface area contributed by atoms with Crippen molar-refractivity contribution in [3.05, 3.63) is 57.2 Å². The summed E-state index contributed by atoms with van der Waals surface area (Å²) in [5, 5.41) is 20.2. The van der Waals surface area contributed by atoms with Crippen LogP contribution in [0.5, 0.6) is 0 Å². The standard InChI is InChI=1S/C11H7ClN4O3/c12-10-7(3-1-4-8(10)16(18)19)11(17)14-9-5-2-6-13-15-9/h1-6H,(H,14,15,17). The van der Waals surface area contributed by atoms with Crippen molar-refractivity contribution in [3.63, 3.8) is 0 Å². The van der Waals surface area contributed by atoms with E-state index in [9.17, 15) is 14.9 Å². The van der Waals surface area contributed by atoms with Crippen LogP contribution < -0.4 is 5.32 Å². The second-order valence-corrected chi connectivity index (χ2v) is 3.84. The average molecular weight is 279 g/mol. The molecule has 1 aromatic carbocycles. The molecule has 0 atom stereocenters. The van der Waals surface area contributed by atoms with Gasteiger partial charge in [-0.05, 0) is 18.2 Å². The Morgan fingerprint density at radius 2 is 2.11 bits per heavy atom. The van der Waals surface area contributed by atoms with E-state index in [1.165, 1.54) is 30.5 Å². The lowest BCUT2D eigenvalue weighted by Crippen LogP contribution is -2.14. The van der Waals surface area contributed by atoms with Crippen LogP contribution in [0.1, 0.15) is 10.4 Å². The average Bonchev–Trinajstić information content (AvgIpc) is 2.39. The number of carbonyl (C=O) groups is 1. The Kier molecular flexibility index (Phi) is 3.67. The molecule has 0 bridgehead atoms. The van der Waals surface area contributed by atoms with Crippen molar-refractivity contribution in [2.75, 3.05) is 5.32 Å². The molecule has 2 rings (SSSR count). The number of nitrogens with zero attached hydrogens (tertiary/aromatic N) is 3. The van der Waals surface area contributed by atoms with Crippen LogP contribution >= 0.6 is 11.6 Å². The van der Waals surface area contributed by atoms with Crippen molar-refractivity contribution in [1.82, 2.24) is 10.2 Å². The van der Waals surface area contributed by atoms with Crippen LogP contribution in [0.4, 0.5) is 11.5 Å². The molecule has 7 nitrogen and oxygen atoms in total. The molecule has 0 radical (unpaired) electrons. The van der Waals surface area contributed by atoms with Crippen LogP contribution in [0, 0.1) is 10.1 Å². The Hall–Kier alpha value is -2.54. The van der Waals surface area contributed by atoms with E-state index in [2.05, 4.69) is 15.5 Å². The first kappa shape index (κ1) is 12.9. The fourth-order valence-electron chi connectivity index (χ4n) is 1.39. The highest BCUT2D eigenvalue weighted by Gasteiger charge is 2.20. The Labute approximate surface area is 112 Å². The topological polar surface area (TPSA) is 98.0 Å². The predicted octanol–water partition coefficient (Wildman–Crippen LogP) is 2.29. The lowest BCUT2D eigenvalue weighted by atomic mass is 10.2. The number of anilines is 1. The van der Waals surface area contributed by atoms with Crippen molar-refractivity contribution >= 4 is 29.0 Å². The predicted molar refractivity (Wildman–Crippen MR) is 68.1 cm³/mol. The fraction of sp³-hybridized carbons (Fsp3) is 0. The molecule has 8 heteroatoms. The van der Waals surface area contributed by atoms with Gasteiger partial charge >= 0.3 is 0 Å². The monoisotopic (exact) mass is 278 g/mol. The van der Waals surface area contributed by atoms with Crippen LogP contribution in [0.2, 0.25) is 5.02 Å². The van der Waals surface area contributed by atoms with E-state index in [1.807, 2.05) is 0 Å². The highest BCUT2D eigenvalue weighted by atomic mass is 35.5. The van der Waals surface area contributed by atoms with Gasteiger partial charge in [0.15, 0.2) is 5.82 Å². The summed E-state index contributed by atoms with van der Waals surface area (Å²) in [7, 11) is 0. The normalized spacial score (nSPS) is 9.95. The summed E-state index contributed by atoms with van der Waals surface area (Å²) in [6.45, 7) is 0. The number of hydrogen-bond acceptors (Lipinski definition) is 5. The van der Waals surface area contributed by atoms with Crippen LogP contribution in [0.25, 0.3) is 0 Å². The number of aromatic nitrogens is 2. The van der Waals surface area contributed by atoms with Crippen LogP contribution in [0.15, 0.2) is 36.5 Å².